The van der Waals surface area contributed by atoms with Crippen molar-refractivity contribution in [1.29, 1.82) is 0 Å². The van der Waals surface area contributed by atoms with Crippen molar-refractivity contribution in [3.63, 3.8) is 0 Å². The van der Waals surface area contributed by atoms with Crippen LogP contribution in [-0.2, 0) is 4.79 Å². The van der Waals surface area contributed by atoms with E-state index in [1.165, 1.54) is 0 Å². The van der Waals surface area contributed by atoms with E-state index in [-0.39, 0.29) is 11.5 Å². The lowest BCUT2D eigenvalue weighted by Crippen LogP contribution is -2.49. The predicted molar refractivity (Wildman–Crippen MR) is 107 cm³/mol. The normalized spacial score (nSPS) is 14.8. The number of halogens is 1. The molecule has 1 aliphatic heterocycles. The second kappa shape index (κ2) is 8.41. The quantitative estimate of drug-likeness (QED) is 0.854. The van der Waals surface area contributed by atoms with E-state index in [0.717, 1.165) is 37.6 Å². The Labute approximate surface area is 163 Å². The minimum atomic E-state index is -0.922. The number of amides is 1. The smallest absolute Gasteiger partial charge is 0.335 e. The summed E-state index contributed by atoms with van der Waals surface area (Å²) in [5.74, 6) is -0.883. The number of piperazine rings is 1. The van der Waals surface area contributed by atoms with Gasteiger partial charge < -0.3 is 14.9 Å². The molecule has 1 amide bonds. The number of rotatable bonds is 5. The monoisotopic (exact) mass is 387 g/mol. The van der Waals surface area contributed by atoms with Crippen LogP contribution in [0, 0.1) is 0 Å². The van der Waals surface area contributed by atoms with E-state index >= 15 is 0 Å². The topological polar surface area (TPSA) is 64.1 Å². The molecule has 2 aromatic rings. The first kappa shape index (κ1) is 19.2. The van der Waals surface area contributed by atoms with Gasteiger partial charge in [-0.2, -0.15) is 0 Å². The Morgan fingerprint density at radius 1 is 1.00 bits per heavy atom. The third kappa shape index (κ3) is 4.78. The molecule has 1 heterocycles. The summed E-state index contributed by atoms with van der Waals surface area (Å²) < 4.78 is 0. The Bertz CT molecular complexity index is 800. The lowest BCUT2D eigenvalue weighted by atomic mass is 10.2. The first-order chi connectivity index (χ1) is 12.9. The second-order valence-corrected chi connectivity index (χ2v) is 6.98. The van der Waals surface area contributed by atoms with Gasteiger partial charge in [0.1, 0.15) is 0 Å². The van der Waals surface area contributed by atoms with Crippen LogP contribution in [0.2, 0.25) is 5.02 Å². The fraction of sp³-hybridized carbons (Fsp3) is 0.300. The van der Waals surface area contributed by atoms with Gasteiger partial charge in [-0.05, 0) is 48.5 Å². The van der Waals surface area contributed by atoms with Crippen molar-refractivity contribution in [2.45, 2.75) is 0 Å². The highest BCUT2D eigenvalue weighted by atomic mass is 35.5. The van der Waals surface area contributed by atoms with Crippen LogP contribution in [0.3, 0.4) is 0 Å². The van der Waals surface area contributed by atoms with Gasteiger partial charge in [0, 0.05) is 49.6 Å². The minimum absolute atomic E-state index is 0.0385. The van der Waals surface area contributed by atoms with Crippen LogP contribution in [-0.4, -0.2) is 61.7 Å². The summed E-state index contributed by atoms with van der Waals surface area (Å²) in [5.41, 5.74) is 2.11. The third-order valence-corrected chi connectivity index (χ3v) is 5.05. The van der Waals surface area contributed by atoms with E-state index in [9.17, 15) is 9.59 Å². The number of hydrogen-bond donors (Lipinski definition) is 1. The van der Waals surface area contributed by atoms with E-state index in [2.05, 4.69) is 9.80 Å². The van der Waals surface area contributed by atoms with Gasteiger partial charge in [-0.15, -0.1) is 0 Å². The lowest BCUT2D eigenvalue weighted by Gasteiger charge is -2.36. The van der Waals surface area contributed by atoms with Crippen LogP contribution in [0.15, 0.2) is 48.5 Å². The van der Waals surface area contributed by atoms with Gasteiger partial charge in [0.2, 0.25) is 5.91 Å². The highest BCUT2D eigenvalue weighted by molar-refractivity contribution is 6.30. The first-order valence-electron chi connectivity index (χ1n) is 8.77. The van der Waals surface area contributed by atoms with Gasteiger partial charge in [0.15, 0.2) is 0 Å². The molecule has 0 atom stereocenters. The number of benzene rings is 2. The Kier molecular flexibility index (Phi) is 5.98. The summed E-state index contributed by atoms with van der Waals surface area (Å²) in [6.07, 6.45) is 0. The number of carbonyl (C=O) groups is 2. The maximum Gasteiger partial charge on any atom is 0.335 e. The van der Waals surface area contributed by atoms with Crippen molar-refractivity contribution in [1.82, 2.24) is 4.90 Å². The molecule has 7 heteroatoms. The van der Waals surface area contributed by atoms with Gasteiger partial charge in [-0.25, -0.2) is 4.79 Å². The third-order valence-electron chi connectivity index (χ3n) is 4.80. The summed E-state index contributed by atoms with van der Waals surface area (Å²) in [6, 6.07) is 14.1. The van der Waals surface area contributed by atoms with Crippen LogP contribution in [0.5, 0.6) is 0 Å². The fourth-order valence-electron chi connectivity index (χ4n) is 3.09. The maximum absolute atomic E-state index is 12.5. The molecule has 0 bridgehead atoms. The molecule has 1 N–H and O–H groups in total. The van der Waals surface area contributed by atoms with Crippen molar-refractivity contribution in [2.24, 2.45) is 0 Å². The van der Waals surface area contributed by atoms with Crippen LogP contribution in [0.1, 0.15) is 10.4 Å². The first-order valence-corrected chi connectivity index (χ1v) is 9.14. The molecule has 2 aromatic carbocycles. The van der Waals surface area contributed by atoms with Gasteiger partial charge in [0.05, 0.1) is 12.1 Å². The fourth-order valence-corrected chi connectivity index (χ4v) is 3.21. The van der Waals surface area contributed by atoms with Gasteiger partial charge in [-0.1, -0.05) is 11.6 Å². The molecule has 0 saturated carbocycles. The molecule has 0 unspecified atom stereocenters. The van der Waals surface area contributed by atoms with E-state index in [1.807, 2.05) is 24.3 Å². The molecular weight excluding hydrogens is 366 g/mol. The number of hydrogen-bond acceptors (Lipinski definition) is 4. The number of aromatic carboxylic acids is 1. The molecule has 6 nitrogen and oxygen atoms in total. The standard InChI is InChI=1S/C20H22ClN3O3/c1-22(17-8-4-16(21)5-9-17)19(25)14-23-10-12-24(13-11-23)18-6-2-15(3-7-18)20(26)27/h2-9H,10-14H2,1H3,(H,26,27). The minimum Gasteiger partial charge on any atom is -0.478 e. The molecule has 0 aliphatic carbocycles. The molecule has 0 radical (unpaired) electrons. The largest absolute Gasteiger partial charge is 0.478 e. The van der Waals surface area contributed by atoms with Crippen molar-refractivity contribution in [3.05, 3.63) is 59.1 Å². The average molecular weight is 388 g/mol. The molecule has 1 aliphatic rings. The van der Waals surface area contributed by atoms with Gasteiger partial charge in [-0.3, -0.25) is 9.69 Å². The number of anilines is 2. The lowest BCUT2D eigenvalue weighted by molar-refractivity contribution is -0.119. The summed E-state index contributed by atoms with van der Waals surface area (Å²) >= 11 is 5.89. The average Bonchev–Trinajstić information content (AvgIpc) is 2.68. The molecule has 1 fully saturated rings. The van der Waals surface area contributed by atoms with Crippen LogP contribution in [0.25, 0.3) is 0 Å². The molecule has 3 rings (SSSR count). The second-order valence-electron chi connectivity index (χ2n) is 6.54. The SMILES string of the molecule is CN(C(=O)CN1CCN(c2ccc(C(=O)O)cc2)CC1)c1ccc(Cl)cc1. The zero-order chi connectivity index (χ0) is 19.4. The molecule has 0 spiro atoms. The number of carboxylic acids is 1. The molecule has 0 aromatic heterocycles. The van der Waals surface area contributed by atoms with E-state index in [0.29, 0.717) is 11.6 Å². The summed E-state index contributed by atoms with van der Waals surface area (Å²) in [6.45, 7) is 3.52. The maximum atomic E-state index is 12.5. The number of carbonyl (C=O) groups excluding carboxylic acids is 1. The van der Waals surface area contributed by atoms with E-state index in [4.69, 9.17) is 16.7 Å². The number of carboxylic acid groups (broad SMARTS) is 1. The van der Waals surface area contributed by atoms with Crippen molar-refractivity contribution < 1.29 is 14.7 Å². The van der Waals surface area contributed by atoms with Crippen LogP contribution in [0.4, 0.5) is 11.4 Å². The summed E-state index contributed by atoms with van der Waals surface area (Å²) in [5, 5.41) is 9.63. The number of nitrogens with zero attached hydrogens (tertiary/aromatic N) is 3. The zero-order valence-electron chi connectivity index (χ0n) is 15.1. The predicted octanol–water partition coefficient (Wildman–Crippen LogP) is 2.82. The Morgan fingerprint density at radius 2 is 1.59 bits per heavy atom. The van der Waals surface area contributed by atoms with Crippen molar-refractivity contribution >= 4 is 34.9 Å². The van der Waals surface area contributed by atoms with Crippen molar-refractivity contribution in [3.8, 4) is 0 Å². The molecular formula is C20H22ClN3O3. The van der Waals surface area contributed by atoms with Crippen LogP contribution < -0.4 is 9.80 Å². The van der Waals surface area contributed by atoms with Crippen LogP contribution >= 0.6 is 11.6 Å². The Hall–Kier alpha value is -2.57. The highest BCUT2D eigenvalue weighted by Gasteiger charge is 2.21. The summed E-state index contributed by atoms with van der Waals surface area (Å²) in [4.78, 5) is 29.5. The zero-order valence-corrected chi connectivity index (χ0v) is 15.9. The van der Waals surface area contributed by atoms with Gasteiger partial charge in [0.25, 0.3) is 0 Å². The van der Waals surface area contributed by atoms with E-state index in [1.54, 1.807) is 36.2 Å². The number of likely N-dealkylation sites (N-methyl/N-ethyl adjacent to an activating group) is 1. The Morgan fingerprint density at radius 3 is 2.15 bits per heavy atom. The van der Waals surface area contributed by atoms with Crippen molar-refractivity contribution in [2.75, 3.05) is 49.6 Å². The van der Waals surface area contributed by atoms with Gasteiger partial charge >= 0.3 is 5.97 Å². The molecule has 142 valence electrons. The highest BCUT2D eigenvalue weighted by Crippen LogP contribution is 2.19. The van der Waals surface area contributed by atoms with E-state index < -0.39 is 5.97 Å². The summed E-state index contributed by atoms with van der Waals surface area (Å²) in [7, 11) is 1.77. The molecule has 27 heavy (non-hydrogen) atoms. The molecule has 1 saturated heterocycles. The Balaban J connectivity index is 1.52.